The zero-order valence-corrected chi connectivity index (χ0v) is 12.4. The molecule has 20 heavy (non-hydrogen) atoms. The maximum Gasteiger partial charge on any atom is 0.124 e. The molecule has 0 atom stereocenters. The van der Waals surface area contributed by atoms with E-state index in [2.05, 4.69) is 24.0 Å². The second-order valence-corrected chi connectivity index (χ2v) is 5.27. The van der Waals surface area contributed by atoms with Crippen molar-refractivity contribution in [2.75, 3.05) is 11.9 Å². The minimum atomic E-state index is -0.0110. The molecule has 0 saturated carbocycles. The SMILES string of the molecule is Cc1ccccc1CN(C)c1ccc(C(=N)N)c(Cl)c1. The summed E-state index contributed by atoms with van der Waals surface area (Å²) < 4.78 is 0. The lowest BCUT2D eigenvalue weighted by molar-refractivity contribution is 0.914. The van der Waals surface area contributed by atoms with Crippen LogP contribution in [-0.2, 0) is 6.54 Å². The molecule has 0 fully saturated rings. The first kappa shape index (κ1) is 14.4. The summed E-state index contributed by atoms with van der Waals surface area (Å²) in [7, 11) is 2.02. The second-order valence-electron chi connectivity index (χ2n) is 4.86. The van der Waals surface area contributed by atoms with E-state index in [-0.39, 0.29) is 5.84 Å². The first-order valence-corrected chi connectivity index (χ1v) is 6.76. The molecule has 2 aromatic carbocycles. The Morgan fingerprint density at radius 3 is 2.55 bits per heavy atom. The van der Waals surface area contributed by atoms with Gasteiger partial charge in [0.2, 0.25) is 0 Å². The molecule has 0 aliphatic rings. The van der Waals surface area contributed by atoms with Crippen LogP contribution in [0.25, 0.3) is 0 Å². The Balaban J connectivity index is 2.22. The number of amidine groups is 1. The van der Waals surface area contributed by atoms with Crippen LogP contribution in [0.5, 0.6) is 0 Å². The number of rotatable bonds is 4. The molecule has 4 heteroatoms. The van der Waals surface area contributed by atoms with Crippen LogP contribution in [-0.4, -0.2) is 12.9 Å². The summed E-state index contributed by atoms with van der Waals surface area (Å²) in [4.78, 5) is 2.12. The van der Waals surface area contributed by atoms with E-state index in [9.17, 15) is 0 Å². The summed E-state index contributed by atoms with van der Waals surface area (Å²) in [5.41, 5.74) is 9.59. The smallest absolute Gasteiger partial charge is 0.124 e. The zero-order chi connectivity index (χ0) is 14.7. The largest absolute Gasteiger partial charge is 0.384 e. The highest BCUT2D eigenvalue weighted by molar-refractivity contribution is 6.34. The van der Waals surface area contributed by atoms with Gasteiger partial charge in [-0.25, -0.2) is 0 Å². The summed E-state index contributed by atoms with van der Waals surface area (Å²) in [6, 6.07) is 13.9. The molecule has 104 valence electrons. The van der Waals surface area contributed by atoms with Crippen molar-refractivity contribution in [1.29, 1.82) is 5.41 Å². The van der Waals surface area contributed by atoms with Gasteiger partial charge in [-0.1, -0.05) is 35.9 Å². The summed E-state index contributed by atoms with van der Waals surface area (Å²) in [6.07, 6.45) is 0. The molecule has 0 spiro atoms. The van der Waals surface area contributed by atoms with Gasteiger partial charge in [-0.15, -0.1) is 0 Å². The molecule has 3 N–H and O–H groups in total. The highest BCUT2D eigenvalue weighted by Gasteiger charge is 2.08. The number of aryl methyl sites for hydroxylation is 1. The molecule has 0 saturated heterocycles. The fourth-order valence-electron chi connectivity index (χ4n) is 2.09. The molecular weight excluding hydrogens is 270 g/mol. The normalized spacial score (nSPS) is 10.3. The van der Waals surface area contributed by atoms with Crippen LogP contribution < -0.4 is 10.6 Å². The monoisotopic (exact) mass is 287 g/mol. The van der Waals surface area contributed by atoms with Gasteiger partial charge in [-0.05, 0) is 36.2 Å². The molecule has 0 aliphatic heterocycles. The van der Waals surface area contributed by atoms with E-state index in [1.807, 2.05) is 31.3 Å². The average Bonchev–Trinajstić information content (AvgIpc) is 2.40. The van der Waals surface area contributed by atoms with E-state index < -0.39 is 0 Å². The molecule has 0 heterocycles. The number of benzene rings is 2. The van der Waals surface area contributed by atoms with Crippen molar-refractivity contribution in [2.45, 2.75) is 13.5 Å². The lowest BCUT2D eigenvalue weighted by Gasteiger charge is -2.21. The van der Waals surface area contributed by atoms with Gasteiger partial charge in [0, 0.05) is 24.8 Å². The van der Waals surface area contributed by atoms with Crippen LogP contribution in [0.4, 0.5) is 5.69 Å². The van der Waals surface area contributed by atoms with Gasteiger partial charge < -0.3 is 10.6 Å². The van der Waals surface area contributed by atoms with Crippen molar-refractivity contribution in [2.24, 2.45) is 5.73 Å². The van der Waals surface area contributed by atoms with E-state index in [0.29, 0.717) is 10.6 Å². The first-order valence-electron chi connectivity index (χ1n) is 6.38. The Morgan fingerprint density at radius 1 is 1.25 bits per heavy atom. The molecule has 0 unspecified atom stereocenters. The van der Waals surface area contributed by atoms with Crippen molar-refractivity contribution in [3.05, 3.63) is 64.2 Å². The third-order valence-corrected chi connectivity index (χ3v) is 3.67. The molecule has 0 aliphatic carbocycles. The molecule has 3 nitrogen and oxygen atoms in total. The Labute approximate surface area is 124 Å². The van der Waals surface area contributed by atoms with Crippen molar-refractivity contribution in [1.82, 2.24) is 0 Å². The minimum absolute atomic E-state index is 0.0110. The number of halogens is 1. The topological polar surface area (TPSA) is 53.1 Å². The number of hydrogen-bond donors (Lipinski definition) is 2. The molecule has 2 aromatic rings. The minimum Gasteiger partial charge on any atom is -0.384 e. The fraction of sp³-hybridized carbons (Fsp3) is 0.188. The first-order chi connectivity index (χ1) is 9.49. The number of nitrogen functional groups attached to an aromatic ring is 1. The van der Waals surface area contributed by atoms with Crippen LogP contribution in [0.3, 0.4) is 0 Å². The van der Waals surface area contributed by atoms with E-state index in [0.717, 1.165) is 12.2 Å². The molecule has 0 radical (unpaired) electrons. The average molecular weight is 288 g/mol. The van der Waals surface area contributed by atoms with E-state index in [4.69, 9.17) is 22.7 Å². The third-order valence-electron chi connectivity index (χ3n) is 3.35. The van der Waals surface area contributed by atoms with Gasteiger partial charge in [0.05, 0.1) is 5.02 Å². The predicted octanol–water partition coefficient (Wildman–Crippen LogP) is 3.57. The van der Waals surface area contributed by atoms with Crippen molar-refractivity contribution in [3.63, 3.8) is 0 Å². The Kier molecular flexibility index (Phi) is 4.30. The summed E-state index contributed by atoms with van der Waals surface area (Å²) in [5, 5.41) is 7.95. The van der Waals surface area contributed by atoms with E-state index >= 15 is 0 Å². The van der Waals surface area contributed by atoms with Crippen LogP contribution in [0.15, 0.2) is 42.5 Å². The number of nitrogens with one attached hydrogen (secondary N) is 1. The third kappa shape index (κ3) is 3.11. The van der Waals surface area contributed by atoms with Crippen LogP contribution in [0, 0.1) is 12.3 Å². The van der Waals surface area contributed by atoms with Gasteiger partial charge >= 0.3 is 0 Å². The summed E-state index contributed by atoms with van der Waals surface area (Å²) >= 11 is 6.16. The molecule has 0 aromatic heterocycles. The summed E-state index contributed by atoms with van der Waals surface area (Å²) in [5.74, 6) is -0.0110. The van der Waals surface area contributed by atoms with Crippen molar-refractivity contribution in [3.8, 4) is 0 Å². The predicted molar refractivity (Wildman–Crippen MR) is 85.8 cm³/mol. The number of anilines is 1. The standard InChI is InChI=1S/C16H18ClN3/c1-11-5-3-4-6-12(11)10-20(2)13-7-8-14(16(18)19)15(17)9-13/h3-9H,10H2,1-2H3,(H3,18,19). The lowest BCUT2D eigenvalue weighted by Crippen LogP contribution is -2.18. The van der Waals surface area contributed by atoms with Gasteiger partial charge in [-0.3, -0.25) is 5.41 Å². The second kappa shape index (κ2) is 5.97. The quantitative estimate of drug-likeness (QED) is 0.667. The molecule has 2 rings (SSSR count). The number of nitrogens with zero attached hydrogens (tertiary/aromatic N) is 1. The molecule has 0 bridgehead atoms. The number of nitrogens with two attached hydrogens (primary N) is 1. The van der Waals surface area contributed by atoms with Crippen molar-refractivity contribution >= 4 is 23.1 Å². The lowest BCUT2D eigenvalue weighted by atomic mass is 10.1. The van der Waals surface area contributed by atoms with E-state index in [1.165, 1.54) is 11.1 Å². The highest BCUT2D eigenvalue weighted by Crippen LogP contribution is 2.24. The maximum absolute atomic E-state index is 7.44. The Morgan fingerprint density at radius 2 is 1.95 bits per heavy atom. The maximum atomic E-state index is 7.44. The Bertz CT molecular complexity index is 637. The van der Waals surface area contributed by atoms with Crippen LogP contribution in [0.2, 0.25) is 5.02 Å². The number of hydrogen-bond acceptors (Lipinski definition) is 2. The van der Waals surface area contributed by atoms with Crippen LogP contribution in [0.1, 0.15) is 16.7 Å². The van der Waals surface area contributed by atoms with E-state index in [1.54, 1.807) is 6.07 Å². The zero-order valence-electron chi connectivity index (χ0n) is 11.7. The fourth-order valence-corrected chi connectivity index (χ4v) is 2.37. The van der Waals surface area contributed by atoms with Gasteiger partial charge in [0.1, 0.15) is 5.84 Å². The summed E-state index contributed by atoms with van der Waals surface area (Å²) in [6.45, 7) is 2.91. The Hall–Kier alpha value is -2.00. The van der Waals surface area contributed by atoms with Gasteiger partial charge in [0.15, 0.2) is 0 Å². The molecule has 0 amide bonds. The molecular formula is C16H18ClN3. The highest BCUT2D eigenvalue weighted by atomic mass is 35.5. The van der Waals surface area contributed by atoms with Gasteiger partial charge in [-0.2, -0.15) is 0 Å². The van der Waals surface area contributed by atoms with Crippen LogP contribution >= 0.6 is 11.6 Å². The van der Waals surface area contributed by atoms with Gasteiger partial charge in [0.25, 0.3) is 0 Å². The van der Waals surface area contributed by atoms with Crippen molar-refractivity contribution < 1.29 is 0 Å².